The smallest absolute Gasteiger partial charge is 0.251 e. The molecule has 0 atom stereocenters. The summed E-state index contributed by atoms with van der Waals surface area (Å²) >= 11 is 0. The van der Waals surface area contributed by atoms with Crippen molar-refractivity contribution in [2.75, 3.05) is 11.9 Å². The molecular weight excluding hydrogens is 312 g/mol. The lowest BCUT2D eigenvalue weighted by Crippen LogP contribution is -2.33. The molecule has 3 rings (SSSR count). The van der Waals surface area contributed by atoms with Gasteiger partial charge in [0.1, 0.15) is 0 Å². The summed E-state index contributed by atoms with van der Waals surface area (Å²) in [5, 5.41) is 5.61. The standard InChI is InChI=1S/C21H24N2O2/c1-13-9-14(2)20(15(3)10-13)23-19(24)12-22-21(25)18-8-7-16-5-4-6-17(16)11-18/h7-11H,4-6,12H2,1-3H3,(H,22,25)(H,23,24). The van der Waals surface area contributed by atoms with E-state index in [1.54, 1.807) is 0 Å². The van der Waals surface area contributed by atoms with Crippen LogP contribution in [0.3, 0.4) is 0 Å². The van der Waals surface area contributed by atoms with Gasteiger partial charge in [0.15, 0.2) is 0 Å². The van der Waals surface area contributed by atoms with Gasteiger partial charge in [-0.25, -0.2) is 0 Å². The lowest BCUT2D eigenvalue weighted by Gasteiger charge is -2.13. The first kappa shape index (κ1) is 17.2. The summed E-state index contributed by atoms with van der Waals surface area (Å²) in [5.74, 6) is -0.424. The van der Waals surface area contributed by atoms with Gasteiger partial charge in [-0.05, 0) is 74.4 Å². The van der Waals surface area contributed by atoms with E-state index in [1.165, 1.54) is 11.1 Å². The molecule has 130 valence electrons. The number of rotatable bonds is 4. The Labute approximate surface area is 148 Å². The van der Waals surface area contributed by atoms with Crippen LogP contribution in [0.15, 0.2) is 30.3 Å². The highest BCUT2D eigenvalue weighted by Gasteiger charge is 2.15. The van der Waals surface area contributed by atoms with Crippen LogP contribution in [0.1, 0.15) is 44.6 Å². The molecule has 4 heteroatoms. The van der Waals surface area contributed by atoms with E-state index < -0.39 is 0 Å². The maximum Gasteiger partial charge on any atom is 0.251 e. The van der Waals surface area contributed by atoms with Crippen molar-refractivity contribution in [3.8, 4) is 0 Å². The van der Waals surface area contributed by atoms with Gasteiger partial charge in [0, 0.05) is 11.3 Å². The van der Waals surface area contributed by atoms with Crippen LogP contribution in [0.2, 0.25) is 0 Å². The van der Waals surface area contributed by atoms with E-state index in [-0.39, 0.29) is 18.4 Å². The van der Waals surface area contributed by atoms with E-state index in [2.05, 4.69) is 10.6 Å². The molecule has 25 heavy (non-hydrogen) atoms. The number of anilines is 1. The number of benzene rings is 2. The Balaban J connectivity index is 1.60. The molecule has 1 aliphatic carbocycles. The Hall–Kier alpha value is -2.62. The molecule has 1 aliphatic rings. The van der Waals surface area contributed by atoms with Crippen LogP contribution < -0.4 is 10.6 Å². The second kappa shape index (κ2) is 7.09. The van der Waals surface area contributed by atoms with E-state index in [0.29, 0.717) is 5.56 Å². The van der Waals surface area contributed by atoms with Crippen molar-refractivity contribution >= 4 is 17.5 Å². The molecule has 0 aromatic heterocycles. The van der Waals surface area contributed by atoms with Crippen molar-refractivity contribution < 1.29 is 9.59 Å². The summed E-state index contributed by atoms with van der Waals surface area (Å²) in [6.45, 7) is 5.93. The lowest BCUT2D eigenvalue weighted by atomic mass is 10.1. The summed E-state index contributed by atoms with van der Waals surface area (Å²) in [7, 11) is 0. The number of hydrogen-bond donors (Lipinski definition) is 2. The normalized spacial score (nSPS) is 12.6. The first-order valence-corrected chi connectivity index (χ1v) is 8.72. The molecule has 0 unspecified atom stereocenters. The zero-order valence-corrected chi connectivity index (χ0v) is 15.0. The van der Waals surface area contributed by atoms with Crippen molar-refractivity contribution in [3.63, 3.8) is 0 Å². The van der Waals surface area contributed by atoms with Crippen molar-refractivity contribution in [2.24, 2.45) is 0 Å². The van der Waals surface area contributed by atoms with Crippen LogP contribution in [-0.2, 0) is 17.6 Å². The van der Waals surface area contributed by atoms with Gasteiger partial charge in [0.2, 0.25) is 5.91 Å². The minimum absolute atomic E-state index is 0.0390. The molecule has 0 heterocycles. The van der Waals surface area contributed by atoms with Crippen LogP contribution in [-0.4, -0.2) is 18.4 Å². The minimum atomic E-state index is -0.218. The van der Waals surface area contributed by atoms with E-state index in [9.17, 15) is 9.59 Å². The SMILES string of the molecule is Cc1cc(C)c(NC(=O)CNC(=O)c2ccc3c(c2)CCC3)c(C)c1. The van der Waals surface area contributed by atoms with Crippen molar-refractivity contribution in [1.82, 2.24) is 5.32 Å². The van der Waals surface area contributed by atoms with E-state index in [4.69, 9.17) is 0 Å². The molecule has 0 fully saturated rings. The summed E-state index contributed by atoms with van der Waals surface area (Å²) in [4.78, 5) is 24.5. The number of nitrogens with one attached hydrogen (secondary N) is 2. The summed E-state index contributed by atoms with van der Waals surface area (Å²) < 4.78 is 0. The van der Waals surface area contributed by atoms with Gasteiger partial charge in [-0.2, -0.15) is 0 Å². The monoisotopic (exact) mass is 336 g/mol. The first-order valence-electron chi connectivity index (χ1n) is 8.72. The van der Waals surface area contributed by atoms with Gasteiger partial charge in [0.05, 0.1) is 6.54 Å². The zero-order valence-electron chi connectivity index (χ0n) is 15.0. The fourth-order valence-corrected chi connectivity index (χ4v) is 3.54. The van der Waals surface area contributed by atoms with Gasteiger partial charge >= 0.3 is 0 Å². The third-order valence-corrected chi connectivity index (χ3v) is 4.71. The largest absolute Gasteiger partial charge is 0.343 e. The van der Waals surface area contributed by atoms with Crippen molar-refractivity contribution in [2.45, 2.75) is 40.0 Å². The van der Waals surface area contributed by atoms with Gasteiger partial charge in [-0.3, -0.25) is 9.59 Å². The molecule has 0 saturated heterocycles. The van der Waals surface area contributed by atoms with Crippen LogP contribution in [0, 0.1) is 20.8 Å². The Bertz CT molecular complexity index is 817. The summed E-state index contributed by atoms with van der Waals surface area (Å²) in [6.07, 6.45) is 3.27. The second-order valence-corrected chi connectivity index (χ2v) is 6.84. The van der Waals surface area contributed by atoms with Gasteiger partial charge in [-0.15, -0.1) is 0 Å². The highest BCUT2D eigenvalue weighted by molar-refractivity contribution is 6.00. The van der Waals surface area contributed by atoms with Gasteiger partial charge < -0.3 is 10.6 Å². The highest BCUT2D eigenvalue weighted by Crippen LogP contribution is 2.23. The average Bonchev–Trinajstić information content (AvgIpc) is 3.03. The molecule has 2 aromatic rings. The topological polar surface area (TPSA) is 58.2 Å². The molecule has 0 aliphatic heterocycles. The number of hydrogen-bond acceptors (Lipinski definition) is 2. The summed E-state index contributed by atoms with van der Waals surface area (Å²) in [5.41, 5.74) is 7.24. The maximum absolute atomic E-state index is 12.3. The van der Waals surface area contributed by atoms with Crippen LogP contribution in [0.25, 0.3) is 0 Å². The van der Waals surface area contributed by atoms with Gasteiger partial charge in [-0.1, -0.05) is 23.8 Å². The summed E-state index contributed by atoms with van der Waals surface area (Å²) in [6, 6.07) is 9.88. The molecule has 0 radical (unpaired) electrons. The Kier molecular flexibility index (Phi) is 4.88. The fourth-order valence-electron chi connectivity index (χ4n) is 3.54. The molecule has 0 spiro atoms. The van der Waals surface area contributed by atoms with Crippen LogP contribution >= 0.6 is 0 Å². The highest BCUT2D eigenvalue weighted by atomic mass is 16.2. The maximum atomic E-state index is 12.3. The molecule has 0 saturated carbocycles. The molecule has 2 N–H and O–H groups in total. The predicted octanol–water partition coefficient (Wildman–Crippen LogP) is 3.47. The quantitative estimate of drug-likeness (QED) is 0.898. The van der Waals surface area contributed by atoms with E-state index in [1.807, 2.05) is 51.1 Å². The Morgan fingerprint density at radius 1 is 0.960 bits per heavy atom. The van der Waals surface area contributed by atoms with Crippen LogP contribution in [0.5, 0.6) is 0 Å². The number of amides is 2. The van der Waals surface area contributed by atoms with Gasteiger partial charge in [0.25, 0.3) is 5.91 Å². The average molecular weight is 336 g/mol. The fraction of sp³-hybridized carbons (Fsp3) is 0.333. The number of fused-ring (bicyclic) bond motifs is 1. The van der Waals surface area contributed by atoms with Crippen molar-refractivity contribution in [1.29, 1.82) is 0 Å². The van der Waals surface area contributed by atoms with Crippen LogP contribution in [0.4, 0.5) is 5.69 Å². The third-order valence-electron chi connectivity index (χ3n) is 4.71. The lowest BCUT2D eigenvalue weighted by molar-refractivity contribution is -0.115. The Morgan fingerprint density at radius 2 is 1.64 bits per heavy atom. The number of carbonyl (C=O) groups excluding carboxylic acids is 2. The number of carbonyl (C=O) groups is 2. The second-order valence-electron chi connectivity index (χ2n) is 6.84. The predicted molar refractivity (Wildman–Crippen MR) is 100 cm³/mol. The third kappa shape index (κ3) is 3.90. The molecular formula is C21H24N2O2. The number of aryl methyl sites for hydroxylation is 5. The molecule has 2 aromatic carbocycles. The van der Waals surface area contributed by atoms with E-state index in [0.717, 1.165) is 41.6 Å². The zero-order chi connectivity index (χ0) is 18.0. The Morgan fingerprint density at radius 3 is 2.36 bits per heavy atom. The molecule has 2 amide bonds. The molecule has 4 nitrogen and oxygen atoms in total. The van der Waals surface area contributed by atoms with Crippen molar-refractivity contribution in [3.05, 3.63) is 63.7 Å². The molecule has 0 bridgehead atoms. The van der Waals surface area contributed by atoms with E-state index >= 15 is 0 Å². The minimum Gasteiger partial charge on any atom is -0.343 e. The first-order chi connectivity index (χ1) is 11.9.